The zero-order chi connectivity index (χ0) is 18.2. The first-order valence-corrected chi connectivity index (χ1v) is 7.57. The molecule has 0 aliphatic heterocycles. The van der Waals surface area contributed by atoms with Crippen LogP contribution in [0.5, 0.6) is 17.2 Å². The summed E-state index contributed by atoms with van der Waals surface area (Å²) in [5.74, 6) is -0.488. The Kier molecular flexibility index (Phi) is 6.39. The number of hydrogen-bond acceptors (Lipinski definition) is 5. The highest BCUT2D eigenvalue weighted by molar-refractivity contribution is 5.87. The lowest BCUT2D eigenvalue weighted by atomic mass is 10.1. The third-order valence-corrected chi connectivity index (χ3v) is 3.44. The zero-order valence-electron chi connectivity index (χ0n) is 14.0. The number of hydrogen-bond donors (Lipinski definition) is 1. The van der Waals surface area contributed by atoms with Crippen molar-refractivity contribution in [3.05, 3.63) is 59.4 Å². The second kappa shape index (κ2) is 8.73. The smallest absolute Gasteiger partial charge is 0.330 e. The number of rotatable bonds is 7. The van der Waals surface area contributed by atoms with Gasteiger partial charge in [-0.3, -0.25) is 0 Å². The van der Waals surface area contributed by atoms with Crippen molar-refractivity contribution in [2.45, 2.75) is 6.42 Å². The molecule has 25 heavy (non-hydrogen) atoms. The van der Waals surface area contributed by atoms with Crippen LogP contribution in [0.4, 0.5) is 4.39 Å². The molecule has 2 aromatic rings. The number of halogens is 1. The average molecular weight is 346 g/mol. The van der Waals surface area contributed by atoms with Crippen LogP contribution in [0.3, 0.4) is 0 Å². The standard InChI is InChI=1S/C19H19FO5/c1-23-16-11-14(12-17(24-2)19(16)22)6-7-18(21)25-9-8-13-4-3-5-15(20)10-13/h3-7,10-12,22H,8-9H2,1-2H3/b7-6+. The quantitative estimate of drug-likeness (QED) is 0.615. The van der Waals surface area contributed by atoms with Gasteiger partial charge in [0.2, 0.25) is 5.75 Å². The van der Waals surface area contributed by atoms with Crippen LogP contribution in [-0.4, -0.2) is 31.9 Å². The lowest BCUT2D eigenvalue weighted by molar-refractivity contribution is -0.137. The normalized spacial score (nSPS) is 10.7. The summed E-state index contributed by atoms with van der Waals surface area (Å²) in [5, 5.41) is 9.84. The maximum absolute atomic E-state index is 13.1. The highest BCUT2D eigenvalue weighted by atomic mass is 19.1. The first-order valence-electron chi connectivity index (χ1n) is 7.57. The molecule has 0 spiro atoms. The molecule has 2 aromatic carbocycles. The highest BCUT2D eigenvalue weighted by Crippen LogP contribution is 2.37. The number of benzene rings is 2. The molecule has 1 N–H and O–H groups in total. The van der Waals surface area contributed by atoms with Gasteiger partial charge in [0.05, 0.1) is 20.8 Å². The summed E-state index contributed by atoms with van der Waals surface area (Å²) in [6.07, 6.45) is 3.21. The summed E-state index contributed by atoms with van der Waals surface area (Å²) in [5.41, 5.74) is 1.36. The van der Waals surface area contributed by atoms with Crippen LogP contribution in [0.2, 0.25) is 0 Å². The number of carbonyl (C=O) groups excluding carboxylic acids is 1. The fraction of sp³-hybridized carbons (Fsp3) is 0.211. The van der Waals surface area contributed by atoms with Gasteiger partial charge in [0, 0.05) is 12.5 Å². The Morgan fingerprint density at radius 2 is 1.84 bits per heavy atom. The van der Waals surface area contributed by atoms with Crippen molar-refractivity contribution in [2.75, 3.05) is 20.8 Å². The molecule has 0 amide bonds. The number of methoxy groups -OCH3 is 2. The van der Waals surface area contributed by atoms with E-state index in [9.17, 15) is 14.3 Å². The first-order chi connectivity index (χ1) is 12.0. The van der Waals surface area contributed by atoms with E-state index in [0.717, 1.165) is 5.56 Å². The van der Waals surface area contributed by atoms with Crippen LogP contribution in [0.15, 0.2) is 42.5 Å². The number of phenolic OH excluding ortho intramolecular Hbond substituents is 1. The summed E-state index contributed by atoms with van der Waals surface area (Å²) in [4.78, 5) is 11.8. The Balaban J connectivity index is 1.93. The van der Waals surface area contributed by atoms with Gasteiger partial charge in [-0.05, 0) is 41.5 Å². The topological polar surface area (TPSA) is 65.0 Å². The second-order valence-corrected chi connectivity index (χ2v) is 5.15. The van der Waals surface area contributed by atoms with Crippen molar-refractivity contribution in [3.8, 4) is 17.2 Å². The zero-order valence-corrected chi connectivity index (χ0v) is 14.0. The van der Waals surface area contributed by atoms with Gasteiger partial charge in [-0.1, -0.05) is 12.1 Å². The van der Waals surface area contributed by atoms with Crippen LogP contribution in [0.25, 0.3) is 6.08 Å². The van der Waals surface area contributed by atoms with E-state index in [1.165, 1.54) is 38.5 Å². The minimum absolute atomic E-state index is 0.111. The minimum Gasteiger partial charge on any atom is -0.502 e. The lowest BCUT2D eigenvalue weighted by Gasteiger charge is -2.09. The summed E-state index contributed by atoms with van der Waals surface area (Å²) in [6.45, 7) is 0.148. The van der Waals surface area contributed by atoms with E-state index in [-0.39, 0.29) is 29.7 Å². The van der Waals surface area contributed by atoms with Gasteiger partial charge in [0.25, 0.3) is 0 Å². The summed E-state index contributed by atoms with van der Waals surface area (Å²) in [6, 6.07) is 9.26. The molecule has 0 aromatic heterocycles. The van der Waals surface area contributed by atoms with Crippen LogP contribution >= 0.6 is 0 Å². The number of aromatic hydroxyl groups is 1. The average Bonchev–Trinajstić information content (AvgIpc) is 2.61. The number of esters is 1. The van der Waals surface area contributed by atoms with Gasteiger partial charge >= 0.3 is 5.97 Å². The van der Waals surface area contributed by atoms with Crippen molar-refractivity contribution in [2.24, 2.45) is 0 Å². The molecule has 0 fully saturated rings. The molecule has 0 bridgehead atoms. The molecule has 132 valence electrons. The molecule has 2 rings (SSSR count). The number of carbonyl (C=O) groups is 1. The summed E-state index contributed by atoms with van der Waals surface area (Å²) < 4.78 is 28.2. The molecular formula is C19H19FO5. The maximum atomic E-state index is 13.1. The van der Waals surface area contributed by atoms with Crippen LogP contribution in [-0.2, 0) is 16.0 Å². The third kappa shape index (κ3) is 5.24. The predicted molar refractivity (Wildman–Crippen MR) is 91.3 cm³/mol. The third-order valence-electron chi connectivity index (χ3n) is 3.44. The van der Waals surface area contributed by atoms with Gasteiger partial charge in [-0.2, -0.15) is 0 Å². The molecular weight excluding hydrogens is 327 g/mol. The number of ether oxygens (including phenoxy) is 3. The van der Waals surface area contributed by atoms with Gasteiger partial charge < -0.3 is 19.3 Å². The van der Waals surface area contributed by atoms with Crippen molar-refractivity contribution >= 4 is 12.0 Å². The SMILES string of the molecule is COc1cc(/C=C/C(=O)OCCc2cccc(F)c2)cc(OC)c1O. The van der Waals surface area contributed by atoms with Gasteiger partial charge in [-0.15, -0.1) is 0 Å². The first kappa shape index (κ1) is 18.3. The van der Waals surface area contributed by atoms with Crippen LogP contribution in [0, 0.1) is 5.82 Å². The van der Waals surface area contributed by atoms with E-state index >= 15 is 0 Å². The molecule has 6 heteroatoms. The Morgan fingerprint density at radius 1 is 1.16 bits per heavy atom. The fourth-order valence-corrected chi connectivity index (χ4v) is 2.18. The van der Waals surface area contributed by atoms with Crippen LogP contribution < -0.4 is 9.47 Å². The van der Waals surface area contributed by atoms with E-state index in [1.54, 1.807) is 24.3 Å². The van der Waals surface area contributed by atoms with Crippen molar-refractivity contribution in [1.82, 2.24) is 0 Å². The molecule has 0 heterocycles. The van der Waals surface area contributed by atoms with Crippen molar-refractivity contribution in [3.63, 3.8) is 0 Å². The van der Waals surface area contributed by atoms with E-state index < -0.39 is 5.97 Å². The van der Waals surface area contributed by atoms with Gasteiger partial charge in [-0.25, -0.2) is 9.18 Å². The number of phenols is 1. The van der Waals surface area contributed by atoms with E-state index in [2.05, 4.69) is 0 Å². The molecule has 0 atom stereocenters. The second-order valence-electron chi connectivity index (χ2n) is 5.15. The molecule has 0 aliphatic carbocycles. The van der Waals surface area contributed by atoms with E-state index in [1.807, 2.05) is 0 Å². The Morgan fingerprint density at radius 3 is 2.44 bits per heavy atom. The van der Waals surface area contributed by atoms with Crippen molar-refractivity contribution < 1.29 is 28.5 Å². The van der Waals surface area contributed by atoms with Gasteiger partial charge in [0.15, 0.2) is 11.5 Å². The summed E-state index contributed by atoms with van der Waals surface area (Å²) >= 11 is 0. The van der Waals surface area contributed by atoms with Crippen LogP contribution in [0.1, 0.15) is 11.1 Å². The fourth-order valence-electron chi connectivity index (χ4n) is 2.18. The maximum Gasteiger partial charge on any atom is 0.330 e. The van der Waals surface area contributed by atoms with Gasteiger partial charge in [0.1, 0.15) is 5.82 Å². The molecule has 0 aliphatic rings. The predicted octanol–water partition coefficient (Wildman–Crippen LogP) is 3.35. The largest absolute Gasteiger partial charge is 0.502 e. The van der Waals surface area contributed by atoms with Crippen molar-refractivity contribution in [1.29, 1.82) is 0 Å². The summed E-state index contributed by atoms with van der Waals surface area (Å²) in [7, 11) is 2.84. The Bertz CT molecular complexity index is 745. The highest BCUT2D eigenvalue weighted by Gasteiger charge is 2.10. The molecule has 0 unspecified atom stereocenters. The molecule has 0 saturated carbocycles. The molecule has 0 saturated heterocycles. The molecule has 0 radical (unpaired) electrons. The van der Waals surface area contributed by atoms with E-state index in [4.69, 9.17) is 14.2 Å². The monoisotopic (exact) mass is 346 g/mol. The Hall–Kier alpha value is -3.02. The molecule has 5 nitrogen and oxygen atoms in total. The minimum atomic E-state index is -0.526. The van der Waals surface area contributed by atoms with E-state index in [0.29, 0.717) is 12.0 Å². The Labute approximate surface area is 145 Å². The lowest BCUT2D eigenvalue weighted by Crippen LogP contribution is -2.04.